The first-order valence-electron chi connectivity index (χ1n) is 7.87. The van der Waals surface area contributed by atoms with Gasteiger partial charge >= 0.3 is 0 Å². The molecule has 1 aromatic heterocycles. The Balaban J connectivity index is 1.62. The lowest BCUT2D eigenvalue weighted by molar-refractivity contribution is -0.134. The van der Waals surface area contributed by atoms with Gasteiger partial charge in [-0.3, -0.25) is 4.79 Å². The van der Waals surface area contributed by atoms with E-state index in [4.69, 9.17) is 0 Å². The molecule has 2 aromatic rings. The maximum atomic E-state index is 11.2. The molecular formula is C17H24N4O. The fourth-order valence-corrected chi connectivity index (χ4v) is 3.01. The molecule has 5 nitrogen and oxygen atoms in total. The number of nitrogens with zero attached hydrogens (tertiary/aromatic N) is 3. The van der Waals surface area contributed by atoms with Gasteiger partial charge in [0.15, 0.2) is 0 Å². The van der Waals surface area contributed by atoms with Crippen molar-refractivity contribution < 1.29 is 4.79 Å². The molecule has 1 aliphatic heterocycles. The smallest absolute Gasteiger partial charge is 0.219 e. The zero-order valence-corrected chi connectivity index (χ0v) is 13.8. The van der Waals surface area contributed by atoms with Crippen molar-refractivity contribution in [3.8, 4) is 0 Å². The van der Waals surface area contributed by atoms with E-state index in [2.05, 4.69) is 47.0 Å². The first-order chi connectivity index (χ1) is 10.5. The largest absolute Gasteiger partial charge is 0.342 e. The number of carbonyl (C=O) groups excluding carboxylic acids is 1. The third-order valence-electron chi connectivity index (χ3n) is 4.74. The third kappa shape index (κ3) is 2.73. The molecule has 0 saturated carbocycles. The van der Waals surface area contributed by atoms with Crippen molar-refractivity contribution in [2.75, 3.05) is 19.6 Å². The van der Waals surface area contributed by atoms with Gasteiger partial charge in [-0.05, 0) is 31.5 Å². The Morgan fingerprint density at radius 2 is 2.18 bits per heavy atom. The summed E-state index contributed by atoms with van der Waals surface area (Å²) in [4.78, 5) is 17.6. The molecule has 1 fully saturated rings. The number of nitrogens with one attached hydrogen (secondary N) is 1. The number of carbonyl (C=O) groups is 1. The Labute approximate surface area is 131 Å². The van der Waals surface area contributed by atoms with Gasteiger partial charge in [0.25, 0.3) is 0 Å². The van der Waals surface area contributed by atoms with Crippen LogP contribution in [0, 0.1) is 12.8 Å². The number of aromatic nitrogens is 2. The lowest BCUT2D eigenvalue weighted by Gasteiger charge is -2.39. The molecule has 1 unspecified atom stereocenters. The van der Waals surface area contributed by atoms with E-state index in [9.17, 15) is 4.79 Å². The number of aryl methyl sites for hydroxylation is 2. The number of benzene rings is 1. The highest BCUT2D eigenvalue weighted by atomic mass is 16.2. The molecule has 5 heteroatoms. The second-order valence-electron chi connectivity index (χ2n) is 6.39. The van der Waals surface area contributed by atoms with Crippen LogP contribution in [0.3, 0.4) is 0 Å². The van der Waals surface area contributed by atoms with Gasteiger partial charge < -0.3 is 14.8 Å². The molecule has 1 amide bonds. The minimum Gasteiger partial charge on any atom is -0.342 e. The lowest BCUT2D eigenvalue weighted by atomic mass is 9.99. The summed E-state index contributed by atoms with van der Waals surface area (Å²) < 4.78 is 2.13. The van der Waals surface area contributed by atoms with Crippen molar-refractivity contribution >= 4 is 16.9 Å². The number of likely N-dealkylation sites (tertiary alicyclic amines) is 1. The van der Waals surface area contributed by atoms with Gasteiger partial charge in [-0.2, -0.15) is 0 Å². The monoisotopic (exact) mass is 300 g/mol. The Morgan fingerprint density at radius 3 is 2.86 bits per heavy atom. The number of fused-ring (bicyclic) bond motifs is 1. The first kappa shape index (κ1) is 15.0. The van der Waals surface area contributed by atoms with E-state index in [0.717, 1.165) is 31.0 Å². The number of amides is 1. The SMILES string of the molecule is CC(=O)N1CC(CNC(C)c2ccc3nc(C)n(C)c3c2)C1. The maximum Gasteiger partial charge on any atom is 0.219 e. The van der Waals surface area contributed by atoms with Crippen molar-refractivity contribution in [2.45, 2.75) is 26.8 Å². The molecular weight excluding hydrogens is 276 g/mol. The lowest BCUT2D eigenvalue weighted by Crippen LogP contribution is -2.52. The van der Waals surface area contributed by atoms with Gasteiger partial charge in [0, 0.05) is 45.6 Å². The quantitative estimate of drug-likeness (QED) is 0.940. The summed E-state index contributed by atoms with van der Waals surface area (Å²) in [5, 5.41) is 3.58. The van der Waals surface area contributed by atoms with E-state index in [1.165, 1.54) is 11.1 Å². The molecule has 118 valence electrons. The predicted molar refractivity (Wildman–Crippen MR) is 87.6 cm³/mol. The van der Waals surface area contributed by atoms with Crippen LogP contribution in [-0.4, -0.2) is 40.0 Å². The summed E-state index contributed by atoms with van der Waals surface area (Å²) in [5.41, 5.74) is 3.50. The predicted octanol–water partition coefficient (Wildman–Crippen LogP) is 2.01. The molecule has 2 heterocycles. The zero-order valence-electron chi connectivity index (χ0n) is 13.8. The van der Waals surface area contributed by atoms with Gasteiger partial charge in [-0.25, -0.2) is 4.98 Å². The van der Waals surface area contributed by atoms with Crippen LogP contribution in [0.1, 0.15) is 31.3 Å². The molecule has 0 aliphatic carbocycles. The van der Waals surface area contributed by atoms with Crippen molar-refractivity contribution in [1.29, 1.82) is 0 Å². The van der Waals surface area contributed by atoms with E-state index in [1.807, 2.05) is 11.8 Å². The van der Waals surface area contributed by atoms with Gasteiger partial charge in [-0.1, -0.05) is 6.07 Å². The Kier molecular flexibility index (Phi) is 3.91. The third-order valence-corrected chi connectivity index (χ3v) is 4.74. The van der Waals surface area contributed by atoms with Crippen molar-refractivity contribution in [3.05, 3.63) is 29.6 Å². The number of imidazole rings is 1. The zero-order chi connectivity index (χ0) is 15.9. The fourth-order valence-electron chi connectivity index (χ4n) is 3.01. The normalized spacial score (nSPS) is 16.8. The molecule has 1 aromatic carbocycles. The van der Waals surface area contributed by atoms with Crippen LogP contribution < -0.4 is 5.32 Å². The topological polar surface area (TPSA) is 50.2 Å². The van der Waals surface area contributed by atoms with E-state index in [-0.39, 0.29) is 5.91 Å². The Bertz CT molecular complexity index is 700. The first-order valence-corrected chi connectivity index (χ1v) is 7.87. The summed E-state index contributed by atoms with van der Waals surface area (Å²) in [6.45, 7) is 8.57. The molecule has 0 bridgehead atoms. The summed E-state index contributed by atoms with van der Waals surface area (Å²) in [7, 11) is 2.05. The average molecular weight is 300 g/mol. The highest BCUT2D eigenvalue weighted by molar-refractivity contribution is 5.77. The fraction of sp³-hybridized carbons (Fsp3) is 0.529. The maximum absolute atomic E-state index is 11.2. The Hall–Kier alpha value is -1.88. The van der Waals surface area contributed by atoms with E-state index < -0.39 is 0 Å². The highest BCUT2D eigenvalue weighted by Crippen LogP contribution is 2.22. The number of hydrogen-bond acceptors (Lipinski definition) is 3. The summed E-state index contributed by atoms with van der Waals surface area (Å²) in [5.74, 6) is 1.79. The van der Waals surface area contributed by atoms with E-state index in [1.54, 1.807) is 6.92 Å². The highest BCUT2D eigenvalue weighted by Gasteiger charge is 2.28. The van der Waals surface area contributed by atoms with Crippen LogP contribution in [0.4, 0.5) is 0 Å². The van der Waals surface area contributed by atoms with Crippen LogP contribution in [0.15, 0.2) is 18.2 Å². The molecule has 1 saturated heterocycles. The molecule has 0 radical (unpaired) electrons. The van der Waals surface area contributed by atoms with E-state index >= 15 is 0 Å². The van der Waals surface area contributed by atoms with Crippen molar-refractivity contribution in [3.63, 3.8) is 0 Å². The minimum absolute atomic E-state index is 0.182. The van der Waals surface area contributed by atoms with Crippen molar-refractivity contribution in [1.82, 2.24) is 19.8 Å². The summed E-state index contributed by atoms with van der Waals surface area (Å²) >= 11 is 0. The molecule has 1 atom stereocenters. The molecule has 1 N–H and O–H groups in total. The second kappa shape index (κ2) is 5.72. The van der Waals surface area contributed by atoms with Crippen molar-refractivity contribution in [2.24, 2.45) is 13.0 Å². The van der Waals surface area contributed by atoms with Crippen LogP contribution in [-0.2, 0) is 11.8 Å². The molecule has 3 rings (SSSR count). The van der Waals surface area contributed by atoms with E-state index in [0.29, 0.717) is 12.0 Å². The minimum atomic E-state index is 0.182. The number of rotatable bonds is 4. The van der Waals surface area contributed by atoms with Gasteiger partial charge in [0.05, 0.1) is 11.0 Å². The Morgan fingerprint density at radius 1 is 1.45 bits per heavy atom. The molecule has 22 heavy (non-hydrogen) atoms. The van der Waals surface area contributed by atoms with Crippen LogP contribution >= 0.6 is 0 Å². The van der Waals surface area contributed by atoms with Gasteiger partial charge in [0.2, 0.25) is 5.91 Å². The number of hydrogen-bond donors (Lipinski definition) is 1. The molecule has 1 aliphatic rings. The van der Waals surface area contributed by atoms with Gasteiger partial charge in [-0.15, -0.1) is 0 Å². The molecule has 0 spiro atoms. The second-order valence-corrected chi connectivity index (χ2v) is 6.39. The average Bonchev–Trinajstić information content (AvgIpc) is 2.71. The van der Waals surface area contributed by atoms with Gasteiger partial charge in [0.1, 0.15) is 5.82 Å². The standard InChI is InChI=1S/C17H24N4O/c1-11(18-8-14-9-21(10-14)13(3)22)15-5-6-16-17(7-15)20(4)12(2)19-16/h5-7,11,14,18H,8-10H2,1-4H3. The summed E-state index contributed by atoms with van der Waals surface area (Å²) in [6.07, 6.45) is 0. The van der Waals surface area contributed by atoms with Crippen LogP contribution in [0.25, 0.3) is 11.0 Å². The van der Waals surface area contributed by atoms with Crippen LogP contribution in [0.2, 0.25) is 0 Å². The summed E-state index contributed by atoms with van der Waals surface area (Å²) in [6, 6.07) is 6.76. The van der Waals surface area contributed by atoms with Crippen LogP contribution in [0.5, 0.6) is 0 Å².